The highest BCUT2D eigenvalue weighted by atomic mass is 32.1. The summed E-state index contributed by atoms with van der Waals surface area (Å²) >= 11 is 1.76. The van der Waals surface area contributed by atoms with E-state index in [1.807, 2.05) is 29.2 Å². The molecule has 0 saturated carbocycles. The number of carbonyl (C=O) groups is 3. The van der Waals surface area contributed by atoms with Crippen LogP contribution in [0.25, 0.3) is 10.8 Å². The number of thiophene rings is 1. The first-order valence-electron chi connectivity index (χ1n) is 11.0. The number of benzene rings is 2. The standard InChI is InChI=1S/C25H25N3O3S/c29-22(27-14-12-26(13-15-27)17-19-7-4-16-32-19)10-3-11-28-24(30)20-8-1-5-18-6-2-9-21(23(18)20)25(28)31/h1-2,4-9,16H,3,10-15,17H2. The van der Waals surface area contributed by atoms with Crippen LogP contribution in [0.15, 0.2) is 53.9 Å². The molecule has 32 heavy (non-hydrogen) atoms. The van der Waals surface area contributed by atoms with Crippen molar-refractivity contribution in [2.75, 3.05) is 32.7 Å². The highest BCUT2D eigenvalue weighted by Gasteiger charge is 2.32. The molecule has 1 fully saturated rings. The van der Waals surface area contributed by atoms with Crippen LogP contribution < -0.4 is 0 Å². The number of rotatable bonds is 6. The second-order valence-electron chi connectivity index (χ2n) is 8.31. The summed E-state index contributed by atoms with van der Waals surface area (Å²) in [6.07, 6.45) is 0.817. The van der Waals surface area contributed by atoms with E-state index in [4.69, 9.17) is 0 Å². The van der Waals surface area contributed by atoms with Gasteiger partial charge in [0.15, 0.2) is 0 Å². The molecule has 3 amide bonds. The van der Waals surface area contributed by atoms with Crippen LogP contribution in [0.2, 0.25) is 0 Å². The van der Waals surface area contributed by atoms with Gasteiger partial charge in [0.2, 0.25) is 5.91 Å². The van der Waals surface area contributed by atoms with Crippen LogP contribution in [0.4, 0.5) is 0 Å². The van der Waals surface area contributed by atoms with Crippen molar-refractivity contribution in [2.45, 2.75) is 19.4 Å². The molecule has 3 aromatic rings. The Morgan fingerprint density at radius 2 is 1.56 bits per heavy atom. The van der Waals surface area contributed by atoms with E-state index >= 15 is 0 Å². The second kappa shape index (κ2) is 8.84. The highest BCUT2D eigenvalue weighted by molar-refractivity contribution is 7.09. The zero-order chi connectivity index (χ0) is 22.1. The fourth-order valence-electron chi connectivity index (χ4n) is 4.61. The number of hydrogen-bond acceptors (Lipinski definition) is 5. The van der Waals surface area contributed by atoms with E-state index in [-0.39, 0.29) is 24.3 Å². The van der Waals surface area contributed by atoms with E-state index in [1.54, 1.807) is 23.5 Å². The first-order chi connectivity index (χ1) is 15.6. The average molecular weight is 448 g/mol. The molecule has 2 aromatic carbocycles. The third-order valence-electron chi connectivity index (χ3n) is 6.31. The van der Waals surface area contributed by atoms with Gasteiger partial charge in [-0.2, -0.15) is 0 Å². The molecule has 6 nitrogen and oxygen atoms in total. The first-order valence-corrected chi connectivity index (χ1v) is 11.9. The van der Waals surface area contributed by atoms with Gasteiger partial charge in [-0.25, -0.2) is 0 Å². The van der Waals surface area contributed by atoms with Crippen molar-refractivity contribution in [3.63, 3.8) is 0 Å². The summed E-state index contributed by atoms with van der Waals surface area (Å²) in [5, 5.41) is 3.72. The van der Waals surface area contributed by atoms with Crippen molar-refractivity contribution in [1.82, 2.24) is 14.7 Å². The molecule has 1 aromatic heterocycles. The van der Waals surface area contributed by atoms with Gasteiger partial charge in [0.25, 0.3) is 11.8 Å². The Hall–Kier alpha value is -3.03. The second-order valence-corrected chi connectivity index (χ2v) is 9.34. The van der Waals surface area contributed by atoms with E-state index in [9.17, 15) is 14.4 Å². The van der Waals surface area contributed by atoms with Gasteiger partial charge in [-0.1, -0.05) is 30.3 Å². The molecule has 2 aliphatic heterocycles. The quantitative estimate of drug-likeness (QED) is 0.542. The monoisotopic (exact) mass is 447 g/mol. The van der Waals surface area contributed by atoms with Crippen LogP contribution >= 0.6 is 11.3 Å². The molecule has 0 aliphatic carbocycles. The van der Waals surface area contributed by atoms with Crippen LogP contribution in [-0.4, -0.2) is 65.1 Å². The number of imide groups is 1. The van der Waals surface area contributed by atoms with E-state index in [2.05, 4.69) is 22.4 Å². The molecule has 7 heteroatoms. The fourth-order valence-corrected chi connectivity index (χ4v) is 5.35. The largest absolute Gasteiger partial charge is 0.340 e. The van der Waals surface area contributed by atoms with Gasteiger partial charge in [-0.3, -0.25) is 24.2 Å². The molecule has 5 rings (SSSR count). The Kier molecular flexibility index (Phi) is 5.76. The molecular formula is C25H25N3O3S. The van der Waals surface area contributed by atoms with Crippen LogP contribution in [0.5, 0.6) is 0 Å². The smallest absolute Gasteiger partial charge is 0.261 e. The molecule has 1 saturated heterocycles. The summed E-state index contributed by atoms with van der Waals surface area (Å²) in [5.74, 6) is -0.442. The van der Waals surface area contributed by atoms with Crippen LogP contribution in [0.3, 0.4) is 0 Å². The summed E-state index contributed by atoms with van der Waals surface area (Å²) in [6.45, 7) is 4.38. The van der Waals surface area contributed by atoms with Crippen LogP contribution in [0.1, 0.15) is 38.4 Å². The third kappa shape index (κ3) is 3.94. The lowest BCUT2D eigenvalue weighted by Gasteiger charge is -2.34. The van der Waals surface area contributed by atoms with Gasteiger partial charge in [-0.05, 0) is 35.4 Å². The van der Waals surface area contributed by atoms with Gasteiger partial charge in [-0.15, -0.1) is 11.3 Å². The molecule has 2 aliphatic rings. The number of hydrogen-bond donors (Lipinski definition) is 0. The summed E-state index contributed by atoms with van der Waals surface area (Å²) < 4.78 is 0. The summed E-state index contributed by atoms with van der Waals surface area (Å²) in [5.41, 5.74) is 1.12. The van der Waals surface area contributed by atoms with Crippen molar-refractivity contribution < 1.29 is 14.4 Å². The fraction of sp³-hybridized carbons (Fsp3) is 0.320. The maximum Gasteiger partial charge on any atom is 0.261 e. The molecule has 0 unspecified atom stereocenters. The molecule has 0 spiro atoms. The van der Waals surface area contributed by atoms with E-state index < -0.39 is 0 Å². The van der Waals surface area contributed by atoms with Crippen molar-refractivity contribution in [2.24, 2.45) is 0 Å². The lowest BCUT2D eigenvalue weighted by atomic mass is 9.94. The predicted octanol–water partition coefficient (Wildman–Crippen LogP) is 3.62. The number of nitrogens with zero attached hydrogens (tertiary/aromatic N) is 3. The van der Waals surface area contributed by atoms with Crippen molar-refractivity contribution in [1.29, 1.82) is 0 Å². The zero-order valence-electron chi connectivity index (χ0n) is 17.8. The Bertz CT molecular complexity index is 1120. The molecule has 0 radical (unpaired) electrons. The number of amides is 3. The van der Waals surface area contributed by atoms with Gasteiger partial charge >= 0.3 is 0 Å². The van der Waals surface area contributed by atoms with E-state index in [0.717, 1.165) is 43.5 Å². The van der Waals surface area contributed by atoms with Gasteiger partial charge < -0.3 is 4.90 Å². The SMILES string of the molecule is O=C(CCCN1C(=O)c2cccc3cccc(c23)C1=O)N1CCN(Cc2cccs2)CC1. The summed E-state index contributed by atoms with van der Waals surface area (Å²) in [6, 6.07) is 15.3. The van der Waals surface area contributed by atoms with Gasteiger partial charge in [0.1, 0.15) is 0 Å². The summed E-state index contributed by atoms with van der Waals surface area (Å²) in [4.78, 5) is 45.5. The van der Waals surface area contributed by atoms with Crippen molar-refractivity contribution >= 4 is 39.8 Å². The van der Waals surface area contributed by atoms with Crippen LogP contribution in [0, 0.1) is 0 Å². The number of piperazine rings is 1. The topological polar surface area (TPSA) is 60.9 Å². The Morgan fingerprint density at radius 1 is 0.875 bits per heavy atom. The predicted molar refractivity (Wildman–Crippen MR) is 125 cm³/mol. The lowest BCUT2D eigenvalue weighted by Crippen LogP contribution is -2.48. The maximum atomic E-state index is 13.0. The molecule has 0 N–H and O–H groups in total. The maximum absolute atomic E-state index is 13.0. The average Bonchev–Trinajstić information content (AvgIpc) is 3.33. The Balaban J connectivity index is 1.15. The van der Waals surface area contributed by atoms with Gasteiger partial charge in [0, 0.05) is 67.1 Å². The van der Waals surface area contributed by atoms with E-state index in [1.165, 1.54) is 9.78 Å². The van der Waals surface area contributed by atoms with Crippen molar-refractivity contribution in [3.8, 4) is 0 Å². The zero-order valence-corrected chi connectivity index (χ0v) is 18.6. The van der Waals surface area contributed by atoms with Crippen LogP contribution in [-0.2, 0) is 11.3 Å². The molecule has 3 heterocycles. The minimum absolute atomic E-state index is 0.0974. The summed E-state index contributed by atoms with van der Waals surface area (Å²) in [7, 11) is 0. The first kappa shape index (κ1) is 20.8. The normalized spacial score (nSPS) is 16.8. The van der Waals surface area contributed by atoms with Gasteiger partial charge in [0.05, 0.1) is 0 Å². The Morgan fingerprint density at radius 3 is 2.19 bits per heavy atom. The molecule has 0 bridgehead atoms. The Labute approximate surface area is 191 Å². The molecule has 0 atom stereocenters. The van der Waals surface area contributed by atoms with E-state index in [0.29, 0.717) is 24.0 Å². The lowest BCUT2D eigenvalue weighted by molar-refractivity contribution is -0.133. The number of carbonyl (C=O) groups excluding carboxylic acids is 3. The molecular weight excluding hydrogens is 422 g/mol. The van der Waals surface area contributed by atoms with Crippen molar-refractivity contribution in [3.05, 3.63) is 69.9 Å². The minimum atomic E-state index is -0.269. The third-order valence-corrected chi connectivity index (χ3v) is 7.17. The highest BCUT2D eigenvalue weighted by Crippen LogP contribution is 2.30. The molecule has 164 valence electrons. The minimum Gasteiger partial charge on any atom is -0.340 e.